The molecule has 1 heterocycles. The highest BCUT2D eigenvalue weighted by molar-refractivity contribution is 5.08. The Hall–Kier alpha value is -1.00. The average molecular weight is 167 g/mol. The SMILES string of the molecule is CC[C@H](N)[C@H](O)c1cncnc1. The molecule has 0 fully saturated rings. The predicted octanol–water partition coefficient (Wildman–Crippen LogP) is 0.247. The molecule has 0 saturated heterocycles. The smallest absolute Gasteiger partial charge is 0.115 e. The van der Waals surface area contributed by atoms with Crippen LogP contribution in [0.15, 0.2) is 18.7 Å². The molecule has 0 aromatic carbocycles. The fraction of sp³-hybridized carbons (Fsp3) is 0.500. The largest absolute Gasteiger partial charge is 0.387 e. The molecule has 0 radical (unpaired) electrons. The van der Waals surface area contributed by atoms with E-state index in [0.29, 0.717) is 5.56 Å². The summed E-state index contributed by atoms with van der Waals surface area (Å²) >= 11 is 0. The number of hydrogen-bond acceptors (Lipinski definition) is 4. The second kappa shape index (κ2) is 4.13. The molecular formula is C8H13N3O. The monoisotopic (exact) mass is 167 g/mol. The summed E-state index contributed by atoms with van der Waals surface area (Å²) in [6.45, 7) is 1.93. The van der Waals surface area contributed by atoms with E-state index in [1.165, 1.54) is 6.33 Å². The molecular weight excluding hydrogens is 154 g/mol. The van der Waals surface area contributed by atoms with E-state index in [2.05, 4.69) is 9.97 Å². The van der Waals surface area contributed by atoms with Gasteiger partial charge in [-0.05, 0) is 6.42 Å². The molecule has 0 spiro atoms. The van der Waals surface area contributed by atoms with Crippen molar-refractivity contribution in [2.24, 2.45) is 5.73 Å². The Labute approximate surface area is 71.5 Å². The second-order valence-electron chi connectivity index (χ2n) is 2.69. The number of nitrogens with two attached hydrogens (primary N) is 1. The number of nitrogens with zero attached hydrogens (tertiary/aromatic N) is 2. The van der Waals surface area contributed by atoms with Gasteiger partial charge in [0.05, 0.1) is 6.10 Å². The molecule has 0 aliphatic rings. The zero-order chi connectivity index (χ0) is 8.97. The maximum absolute atomic E-state index is 9.58. The fourth-order valence-corrected chi connectivity index (χ4v) is 0.934. The normalized spacial score (nSPS) is 15.6. The van der Waals surface area contributed by atoms with Crippen LogP contribution in [-0.2, 0) is 0 Å². The van der Waals surface area contributed by atoms with E-state index >= 15 is 0 Å². The number of aromatic nitrogens is 2. The van der Waals surface area contributed by atoms with Gasteiger partial charge in [-0.1, -0.05) is 6.92 Å². The first-order valence-corrected chi connectivity index (χ1v) is 3.94. The lowest BCUT2D eigenvalue weighted by molar-refractivity contribution is 0.143. The van der Waals surface area contributed by atoms with Crippen molar-refractivity contribution in [1.82, 2.24) is 9.97 Å². The van der Waals surface area contributed by atoms with E-state index in [0.717, 1.165) is 6.42 Å². The molecule has 0 unspecified atom stereocenters. The molecule has 4 nitrogen and oxygen atoms in total. The summed E-state index contributed by atoms with van der Waals surface area (Å²) in [6, 6.07) is -0.240. The van der Waals surface area contributed by atoms with Gasteiger partial charge in [-0.15, -0.1) is 0 Å². The van der Waals surface area contributed by atoms with Crippen LogP contribution in [-0.4, -0.2) is 21.1 Å². The zero-order valence-electron chi connectivity index (χ0n) is 7.01. The lowest BCUT2D eigenvalue weighted by Crippen LogP contribution is -2.27. The summed E-state index contributed by atoms with van der Waals surface area (Å²) in [5.74, 6) is 0. The van der Waals surface area contributed by atoms with E-state index in [1.54, 1.807) is 12.4 Å². The molecule has 1 rings (SSSR count). The highest BCUT2D eigenvalue weighted by Gasteiger charge is 2.14. The molecule has 1 aromatic rings. The molecule has 0 bridgehead atoms. The maximum Gasteiger partial charge on any atom is 0.115 e. The molecule has 3 N–H and O–H groups in total. The Balaban J connectivity index is 2.71. The first-order valence-electron chi connectivity index (χ1n) is 3.94. The van der Waals surface area contributed by atoms with Crippen molar-refractivity contribution in [2.45, 2.75) is 25.5 Å². The van der Waals surface area contributed by atoms with Gasteiger partial charge in [0.1, 0.15) is 6.33 Å². The Morgan fingerprint density at radius 1 is 1.50 bits per heavy atom. The van der Waals surface area contributed by atoms with Gasteiger partial charge in [0, 0.05) is 24.0 Å². The van der Waals surface area contributed by atoms with Crippen molar-refractivity contribution in [3.05, 3.63) is 24.3 Å². The third-order valence-electron chi connectivity index (χ3n) is 1.80. The van der Waals surface area contributed by atoms with Gasteiger partial charge < -0.3 is 10.8 Å². The van der Waals surface area contributed by atoms with Gasteiger partial charge in [-0.25, -0.2) is 9.97 Å². The molecule has 0 aliphatic heterocycles. The van der Waals surface area contributed by atoms with E-state index in [-0.39, 0.29) is 6.04 Å². The van der Waals surface area contributed by atoms with Gasteiger partial charge in [0.2, 0.25) is 0 Å². The molecule has 12 heavy (non-hydrogen) atoms. The number of aliphatic hydroxyl groups is 1. The summed E-state index contributed by atoms with van der Waals surface area (Å²) in [5, 5.41) is 9.58. The highest BCUT2D eigenvalue weighted by atomic mass is 16.3. The van der Waals surface area contributed by atoms with Crippen LogP contribution in [0.2, 0.25) is 0 Å². The van der Waals surface area contributed by atoms with Crippen LogP contribution in [0.25, 0.3) is 0 Å². The minimum absolute atomic E-state index is 0.240. The van der Waals surface area contributed by atoms with E-state index in [9.17, 15) is 5.11 Å². The van der Waals surface area contributed by atoms with Crippen LogP contribution >= 0.6 is 0 Å². The summed E-state index contributed by atoms with van der Waals surface area (Å²) in [7, 11) is 0. The summed E-state index contributed by atoms with van der Waals surface area (Å²) in [5.41, 5.74) is 6.32. The predicted molar refractivity (Wildman–Crippen MR) is 45.3 cm³/mol. The third kappa shape index (κ3) is 1.99. The first-order chi connectivity index (χ1) is 5.75. The van der Waals surface area contributed by atoms with Crippen LogP contribution in [0.3, 0.4) is 0 Å². The van der Waals surface area contributed by atoms with Gasteiger partial charge in [-0.2, -0.15) is 0 Å². The van der Waals surface area contributed by atoms with Crippen LogP contribution in [0.4, 0.5) is 0 Å². The van der Waals surface area contributed by atoms with Crippen LogP contribution in [0, 0.1) is 0 Å². The van der Waals surface area contributed by atoms with Crippen LogP contribution in [0.1, 0.15) is 25.0 Å². The molecule has 0 aliphatic carbocycles. The lowest BCUT2D eigenvalue weighted by atomic mass is 10.0. The Morgan fingerprint density at radius 2 is 2.08 bits per heavy atom. The quantitative estimate of drug-likeness (QED) is 0.676. The van der Waals surface area contributed by atoms with E-state index < -0.39 is 6.10 Å². The van der Waals surface area contributed by atoms with Gasteiger partial charge in [-0.3, -0.25) is 0 Å². The van der Waals surface area contributed by atoms with Crippen molar-refractivity contribution in [1.29, 1.82) is 0 Å². The Kier molecular flexibility index (Phi) is 3.13. The van der Waals surface area contributed by atoms with E-state index in [4.69, 9.17) is 5.73 Å². The topological polar surface area (TPSA) is 72.0 Å². The molecule has 2 atom stereocenters. The Morgan fingerprint density at radius 3 is 2.58 bits per heavy atom. The highest BCUT2D eigenvalue weighted by Crippen LogP contribution is 2.14. The second-order valence-corrected chi connectivity index (χ2v) is 2.69. The average Bonchev–Trinajstić information content (AvgIpc) is 2.17. The van der Waals surface area contributed by atoms with Gasteiger partial charge in [0.15, 0.2) is 0 Å². The maximum atomic E-state index is 9.58. The van der Waals surface area contributed by atoms with Crippen molar-refractivity contribution in [2.75, 3.05) is 0 Å². The minimum atomic E-state index is -0.656. The number of hydrogen-bond donors (Lipinski definition) is 2. The first kappa shape index (κ1) is 9.09. The van der Waals surface area contributed by atoms with Gasteiger partial charge in [0.25, 0.3) is 0 Å². The van der Waals surface area contributed by atoms with Crippen molar-refractivity contribution >= 4 is 0 Å². The Bertz CT molecular complexity index is 227. The molecule has 0 amide bonds. The van der Waals surface area contributed by atoms with Crippen LogP contribution in [0.5, 0.6) is 0 Å². The minimum Gasteiger partial charge on any atom is -0.387 e. The van der Waals surface area contributed by atoms with Gasteiger partial charge >= 0.3 is 0 Å². The van der Waals surface area contributed by atoms with Crippen molar-refractivity contribution < 1.29 is 5.11 Å². The van der Waals surface area contributed by atoms with Crippen LogP contribution < -0.4 is 5.73 Å². The summed E-state index contributed by atoms with van der Waals surface area (Å²) in [4.78, 5) is 7.59. The standard InChI is InChI=1S/C8H13N3O/c1-2-7(9)8(12)6-3-10-5-11-4-6/h3-5,7-8,12H,2,9H2,1H3/t7-,8+/m0/s1. The fourth-order valence-electron chi connectivity index (χ4n) is 0.934. The summed E-state index contributed by atoms with van der Waals surface area (Å²) in [6.07, 6.45) is 4.65. The summed E-state index contributed by atoms with van der Waals surface area (Å²) < 4.78 is 0. The van der Waals surface area contributed by atoms with Crippen molar-refractivity contribution in [3.63, 3.8) is 0 Å². The lowest BCUT2D eigenvalue weighted by Gasteiger charge is -2.16. The molecule has 1 aromatic heterocycles. The van der Waals surface area contributed by atoms with E-state index in [1.807, 2.05) is 6.92 Å². The molecule has 4 heteroatoms. The van der Waals surface area contributed by atoms with Crippen molar-refractivity contribution in [3.8, 4) is 0 Å². The molecule has 66 valence electrons. The third-order valence-corrected chi connectivity index (χ3v) is 1.80. The number of rotatable bonds is 3. The zero-order valence-corrected chi connectivity index (χ0v) is 7.01. The molecule has 0 saturated carbocycles. The number of aliphatic hydroxyl groups excluding tert-OH is 1.